The van der Waals surface area contributed by atoms with Crippen molar-refractivity contribution in [2.24, 2.45) is 0 Å². The fraction of sp³-hybridized carbons (Fsp3) is 0.0714. The van der Waals surface area contributed by atoms with Crippen LogP contribution in [0.25, 0.3) is 0 Å². The SMILES string of the molecule is O=C1C(=O)N(Cc2cncc(F)c2)c2cc(F)c(Cl)cc21. The van der Waals surface area contributed by atoms with Crippen LogP contribution in [0.4, 0.5) is 14.5 Å². The number of benzene rings is 1. The molecule has 21 heavy (non-hydrogen) atoms. The van der Waals surface area contributed by atoms with E-state index in [0.29, 0.717) is 5.56 Å². The average Bonchev–Trinajstić information content (AvgIpc) is 2.65. The van der Waals surface area contributed by atoms with E-state index in [1.807, 2.05) is 0 Å². The number of ketones is 1. The molecule has 0 aliphatic carbocycles. The number of nitrogens with zero attached hydrogens (tertiary/aromatic N) is 2. The van der Waals surface area contributed by atoms with Crippen LogP contribution in [0.1, 0.15) is 15.9 Å². The molecule has 0 saturated heterocycles. The number of amides is 1. The molecule has 0 saturated carbocycles. The van der Waals surface area contributed by atoms with Crippen molar-refractivity contribution in [2.45, 2.75) is 6.54 Å². The van der Waals surface area contributed by atoms with Gasteiger partial charge in [-0.05, 0) is 23.8 Å². The highest BCUT2D eigenvalue weighted by Crippen LogP contribution is 2.34. The third-order valence-electron chi connectivity index (χ3n) is 3.12. The van der Waals surface area contributed by atoms with E-state index in [4.69, 9.17) is 11.6 Å². The normalized spacial score (nSPS) is 13.8. The molecule has 1 aliphatic rings. The van der Waals surface area contributed by atoms with Gasteiger partial charge in [0.15, 0.2) is 0 Å². The van der Waals surface area contributed by atoms with Crippen LogP contribution in [-0.2, 0) is 11.3 Å². The van der Waals surface area contributed by atoms with Gasteiger partial charge in [-0.25, -0.2) is 8.78 Å². The zero-order chi connectivity index (χ0) is 15.1. The molecule has 0 atom stereocenters. The summed E-state index contributed by atoms with van der Waals surface area (Å²) < 4.78 is 26.7. The Morgan fingerprint density at radius 3 is 2.62 bits per heavy atom. The first-order valence-corrected chi connectivity index (χ1v) is 6.30. The lowest BCUT2D eigenvalue weighted by Crippen LogP contribution is -2.29. The molecule has 0 unspecified atom stereocenters. The maximum Gasteiger partial charge on any atom is 0.299 e. The molecule has 2 heterocycles. The molecular formula is C14H7ClF2N2O2. The Kier molecular flexibility index (Phi) is 3.17. The Morgan fingerprint density at radius 2 is 1.90 bits per heavy atom. The highest BCUT2D eigenvalue weighted by molar-refractivity contribution is 6.52. The van der Waals surface area contributed by atoms with E-state index in [1.54, 1.807) is 0 Å². The second-order valence-electron chi connectivity index (χ2n) is 4.52. The number of carbonyl (C=O) groups excluding carboxylic acids is 2. The second-order valence-corrected chi connectivity index (χ2v) is 4.92. The number of halogens is 3. The predicted octanol–water partition coefficient (Wildman–Crippen LogP) is 2.74. The third kappa shape index (κ3) is 2.27. The van der Waals surface area contributed by atoms with Crippen LogP contribution < -0.4 is 4.90 Å². The summed E-state index contributed by atoms with van der Waals surface area (Å²) in [7, 11) is 0. The minimum atomic E-state index is -0.809. The summed E-state index contributed by atoms with van der Waals surface area (Å²) in [5, 5.41) is -0.232. The lowest BCUT2D eigenvalue weighted by atomic mass is 10.1. The highest BCUT2D eigenvalue weighted by atomic mass is 35.5. The van der Waals surface area contributed by atoms with Crippen LogP contribution in [0.5, 0.6) is 0 Å². The van der Waals surface area contributed by atoms with Gasteiger partial charge in [-0.3, -0.25) is 14.6 Å². The van der Waals surface area contributed by atoms with Gasteiger partial charge < -0.3 is 4.90 Å². The van der Waals surface area contributed by atoms with Gasteiger partial charge in [0, 0.05) is 6.20 Å². The minimum absolute atomic E-state index is 0.0377. The van der Waals surface area contributed by atoms with Crippen LogP contribution in [0, 0.1) is 11.6 Å². The fourth-order valence-corrected chi connectivity index (χ4v) is 2.33. The molecule has 106 valence electrons. The van der Waals surface area contributed by atoms with Gasteiger partial charge >= 0.3 is 0 Å². The first-order valence-electron chi connectivity index (χ1n) is 5.92. The van der Waals surface area contributed by atoms with E-state index in [9.17, 15) is 18.4 Å². The summed E-state index contributed by atoms with van der Waals surface area (Å²) in [6.45, 7) is -0.0800. The number of Topliss-reactive ketones (excluding diaryl/α,β-unsaturated/α-hetero) is 1. The Hall–Kier alpha value is -2.34. The zero-order valence-electron chi connectivity index (χ0n) is 10.4. The Morgan fingerprint density at radius 1 is 1.14 bits per heavy atom. The van der Waals surface area contributed by atoms with Crippen molar-refractivity contribution in [3.8, 4) is 0 Å². The van der Waals surface area contributed by atoms with Gasteiger partial charge in [0.25, 0.3) is 11.7 Å². The van der Waals surface area contributed by atoms with Crippen molar-refractivity contribution in [1.29, 1.82) is 0 Å². The van der Waals surface area contributed by atoms with Crippen LogP contribution in [0.15, 0.2) is 30.6 Å². The monoisotopic (exact) mass is 308 g/mol. The van der Waals surface area contributed by atoms with Crippen molar-refractivity contribution in [3.63, 3.8) is 0 Å². The molecule has 7 heteroatoms. The Bertz CT molecular complexity index is 780. The van der Waals surface area contributed by atoms with Crippen molar-refractivity contribution < 1.29 is 18.4 Å². The molecular weight excluding hydrogens is 302 g/mol. The van der Waals surface area contributed by atoms with Gasteiger partial charge in [-0.1, -0.05) is 11.6 Å². The number of aromatic nitrogens is 1. The highest BCUT2D eigenvalue weighted by Gasteiger charge is 2.36. The lowest BCUT2D eigenvalue weighted by Gasteiger charge is -2.16. The summed E-state index contributed by atoms with van der Waals surface area (Å²) in [6.07, 6.45) is 2.39. The van der Waals surface area contributed by atoms with Crippen molar-refractivity contribution >= 4 is 29.0 Å². The summed E-state index contributed by atoms with van der Waals surface area (Å²) >= 11 is 5.62. The minimum Gasteiger partial charge on any atom is -0.300 e. The summed E-state index contributed by atoms with van der Waals surface area (Å²) in [5.74, 6) is -2.87. The number of fused-ring (bicyclic) bond motifs is 1. The lowest BCUT2D eigenvalue weighted by molar-refractivity contribution is -0.114. The fourth-order valence-electron chi connectivity index (χ4n) is 2.17. The molecule has 0 N–H and O–H groups in total. The molecule has 4 nitrogen and oxygen atoms in total. The molecule has 2 aromatic rings. The number of carbonyl (C=O) groups is 2. The van der Waals surface area contributed by atoms with Crippen LogP contribution in [0.3, 0.4) is 0 Å². The Balaban J connectivity index is 2.03. The van der Waals surface area contributed by atoms with E-state index in [1.165, 1.54) is 12.3 Å². The maximum atomic E-state index is 13.6. The van der Waals surface area contributed by atoms with Crippen molar-refractivity contribution in [3.05, 3.63) is 58.4 Å². The molecule has 1 aromatic heterocycles. The summed E-state index contributed by atoms with van der Waals surface area (Å²) in [6, 6.07) is 3.33. The average molecular weight is 309 g/mol. The predicted molar refractivity (Wildman–Crippen MR) is 71.1 cm³/mol. The molecule has 0 spiro atoms. The quantitative estimate of drug-likeness (QED) is 0.802. The van der Waals surface area contributed by atoms with Crippen LogP contribution >= 0.6 is 11.6 Å². The first-order chi connectivity index (χ1) is 9.97. The van der Waals surface area contributed by atoms with Crippen molar-refractivity contribution in [2.75, 3.05) is 4.90 Å². The molecule has 0 fully saturated rings. The number of pyridine rings is 1. The number of rotatable bonds is 2. The molecule has 0 radical (unpaired) electrons. The van der Waals surface area contributed by atoms with Crippen molar-refractivity contribution in [1.82, 2.24) is 4.98 Å². The van der Waals surface area contributed by atoms with E-state index >= 15 is 0 Å². The zero-order valence-corrected chi connectivity index (χ0v) is 11.2. The summed E-state index contributed by atoms with van der Waals surface area (Å²) in [5.41, 5.74) is 0.547. The largest absolute Gasteiger partial charge is 0.300 e. The van der Waals surface area contributed by atoms with Gasteiger partial charge in [0.05, 0.1) is 29.0 Å². The summed E-state index contributed by atoms with van der Waals surface area (Å²) in [4.78, 5) is 28.6. The molecule has 1 amide bonds. The van der Waals surface area contributed by atoms with Crippen LogP contribution in [-0.4, -0.2) is 16.7 Å². The van der Waals surface area contributed by atoms with Crippen LogP contribution in [0.2, 0.25) is 5.02 Å². The van der Waals surface area contributed by atoms with Gasteiger partial charge in [0.2, 0.25) is 0 Å². The molecule has 3 rings (SSSR count). The van der Waals surface area contributed by atoms with E-state index in [2.05, 4.69) is 4.98 Å². The number of hydrogen-bond acceptors (Lipinski definition) is 3. The number of anilines is 1. The number of hydrogen-bond donors (Lipinski definition) is 0. The first kappa shape index (κ1) is 13.6. The maximum absolute atomic E-state index is 13.6. The molecule has 1 aromatic carbocycles. The third-order valence-corrected chi connectivity index (χ3v) is 3.41. The smallest absolute Gasteiger partial charge is 0.299 e. The van der Waals surface area contributed by atoms with Gasteiger partial charge in [-0.15, -0.1) is 0 Å². The standard InChI is InChI=1S/C14H7ClF2N2O2/c15-10-2-9-12(3-11(10)17)19(14(21)13(9)20)6-7-1-8(16)5-18-4-7/h1-5H,6H2. The van der Waals surface area contributed by atoms with E-state index in [0.717, 1.165) is 23.2 Å². The topological polar surface area (TPSA) is 50.3 Å². The van der Waals surface area contributed by atoms with E-state index < -0.39 is 23.3 Å². The second kappa shape index (κ2) is 4.89. The van der Waals surface area contributed by atoms with Gasteiger partial charge in [-0.2, -0.15) is 0 Å². The molecule has 0 bridgehead atoms. The van der Waals surface area contributed by atoms with Gasteiger partial charge in [0.1, 0.15) is 11.6 Å². The van der Waals surface area contributed by atoms with E-state index in [-0.39, 0.29) is 22.8 Å². The molecule has 1 aliphatic heterocycles. The Labute approximate surface area is 123 Å².